The molecule has 2 heterocycles. The van der Waals surface area contributed by atoms with Crippen molar-refractivity contribution in [3.05, 3.63) is 41.7 Å². The lowest BCUT2D eigenvalue weighted by molar-refractivity contribution is -0.120. The number of benzene rings is 1. The van der Waals surface area contributed by atoms with Gasteiger partial charge < -0.3 is 10.6 Å². The fraction of sp³-hybridized carbons (Fsp3) is 0.471. The van der Waals surface area contributed by atoms with E-state index in [1.807, 2.05) is 37.3 Å². The average molecular weight is 313 g/mol. The summed E-state index contributed by atoms with van der Waals surface area (Å²) in [4.78, 5) is 12.1. The van der Waals surface area contributed by atoms with E-state index in [-0.39, 0.29) is 12.3 Å². The number of carbonyl (C=O) groups is 1. The number of para-hydroxylation sites is 1. The Bertz CT molecular complexity index is 646. The molecule has 0 radical (unpaired) electrons. The molecule has 1 saturated heterocycles. The van der Waals surface area contributed by atoms with Crippen molar-refractivity contribution in [2.45, 2.75) is 26.2 Å². The van der Waals surface area contributed by atoms with Crippen molar-refractivity contribution in [3.63, 3.8) is 0 Å². The highest BCUT2D eigenvalue weighted by atomic mass is 16.1. The van der Waals surface area contributed by atoms with E-state index >= 15 is 0 Å². The van der Waals surface area contributed by atoms with Crippen LogP contribution in [0.3, 0.4) is 0 Å². The van der Waals surface area contributed by atoms with Crippen LogP contribution in [0.4, 0.5) is 0 Å². The number of carbonyl (C=O) groups excluding carboxylic acids is 1. The highest BCUT2D eigenvalue weighted by Gasteiger charge is 2.16. The summed E-state index contributed by atoms with van der Waals surface area (Å²) in [5, 5.41) is 14.7. The summed E-state index contributed by atoms with van der Waals surface area (Å²) in [5.74, 6) is 0.549. The Balaban J connectivity index is 1.57. The molecule has 0 spiro atoms. The van der Waals surface area contributed by atoms with Crippen LogP contribution in [0.15, 0.2) is 30.3 Å². The van der Waals surface area contributed by atoms with Crippen LogP contribution in [-0.2, 0) is 11.2 Å². The number of nitrogens with zero attached hydrogens (tertiary/aromatic N) is 3. The standard InChI is InChI=1S/C17H23N5O/c1-13-16(20-21-22(13)15-7-3-2-4-8-15)10-17(23)19-12-14-6-5-9-18-11-14/h2-4,7-8,14,18H,5-6,9-12H2,1H3,(H,19,23). The fourth-order valence-electron chi connectivity index (χ4n) is 2.91. The lowest BCUT2D eigenvalue weighted by Crippen LogP contribution is -2.38. The quantitative estimate of drug-likeness (QED) is 0.871. The van der Waals surface area contributed by atoms with Gasteiger partial charge in [-0.2, -0.15) is 0 Å². The first-order valence-electron chi connectivity index (χ1n) is 8.18. The largest absolute Gasteiger partial charge is 0.355 e. The van der Waals surface area contributed by atoms with E-state index in [1.165, 1.54) is 12.8 Å². The molecular weight excluding hydrogens is 290 g/mol. The van der Waals surface area contributed by atoms with Crippen molar-refractivity contribution in [1.29, 1.82) is 0 Å². The molecule has 0 bridgehead atoms. The van der Waals surface area contributed by atoms with E-state index in [4.69, 9.17) is 0 Å². The number of nitrogens with one attached hydrogen (secondary N) is 2. The lowest BCUT2D eigenvalue weighted by atomic mass is 10.00. The molecule has 3 rings (SSSR count). The maximum atomic E-state index is 12.1. The third-order valence-electron chi connectivity index (χ3n) is 4.31. The van der Waals surface area contributed by atoms with Gasteiger partial charge in [0.05, 0.1) is 23.5 Å². The molecular formula is C17H23N5O. The van der Waals surface area contributed by atoms with Gasteiger partial charge in [0.25, 0.3) is 0 Å². The lowest BCUT2D eigenvalue weighted by Gasteiger charge is -2.22. The summed E-state index contributed by atoms with van der Waals surface area (Å²) in [6, 6.07) is 9.83. The molecule has 2 aromatic rings. The van der Waals surface area contributed by atoms with Crippen molar-refractivity contribution in [1.82, 2.24) is 25.6 Å². The summed E-state index contributed by atoms with van der Waals surface area (Å²) < 4.78 is 1.77. The Hall–Kier alpha value is -2.21. The Kier molecular flexibility index (Phi) is 5.02. The zero-order valence-electron chi connectivity index (χ0n) is 13.5. The number of aromatic nitrogens is 3. The number of amides is 1. The van der Waals surface area contributed by atoms with E-state index in [1.54, 1.807) is 4.68 Å². The normalized spacial score (nSPS) is 17.9. The molecule has 1 atom stereocenters. The summed E-state index contributed by atoms with van der Waals surface area (Å²) >= 11 is 0. The van der Waals surface area contributed by atoms with Crippen molar-refractivity contribution in [2.24, 2.45) is 5.92 Å². The van der Waals surface area contributed by atoms with Gasteiger partial charge in [0.2, 0.25) is 5.91 Å². The second-order valence-corrected chi connectivity index (χ2v) is 6.06. The summed E-state index contributed by atoms with van der Waals surface area (Å²) in [6.45, 7) is 4.76. The number of rotatable bonds is 5. The molecule has 1 aromatic heterocycles. The van der Waals surface area contributed by atoms with Gasteiger partial charge in [0.1, 0.15) is 0 Å². The van der Waals surface area contributed by atoms with Crippen LogP contribution in [0.1, 0.15) is 24.2 Å². The zero-order valence-corrected chi connectivity index (χ0v) is 13.5. The second-order valence-electron chi connectivity index (χ2n) is 6.06. The number of piperidine rings is 1. The second kappa shape index (κ2) is 7.37. The molecule has 1 aliphatic rings. The van der Waals surface area contributed by atoms with Crippen LogP contribution in [0.25, 0.3) is 5.69 Å². The summed E-state index contributed by atoms with van der Waals surface area (Å²) in [5.41, 5.74) is 2.59. The molecule has 1 unspecified atom stereocenters. The maximum Gasteiger partial charge on any atom is 0.226 e. The van der Waals surface area contributed by atoms with Gasteiger partial charge in [-0.15, -0.1) is 5.10 Å². The maximum absolute atomic E-state index is 12.1. The van der Waals surface area contributed by atoms with Crippen LogP contribution < -0.4 is 10.6 Å². The highest BCUT2D eigenvalue weighted by molar-refractivity contribution is 5.78. The number of hydrogen-bond acceptors (Lipinski definition) is 4. The molecule has 2 N–H and O–H groups in total. The SMILES string of the molecule is Cc1c(CC(=O)NCC2CCCNC2)nnn1-c1ccccc1. The predicted octanol–water partition coefficient (Wildman–Crippen LogP) is 1.23. The predicted molar refractivity (Wildman–Crippen MR) is 88.4 cm³/mol. The van der Waals surface area contributed by atoms with Crippen molar-refractivity contribution < 1.29 is 4.79 Å². The Morgan fingerprint density at radius 1 is 1.39 bits per heavy atom. The van der Waals surface area contributed by atoms with E-state index in [0.29, 0.717) is 5.92 Å². The third kappa shape index (κ3) is 3.96. The molecule has 6 heteroatoms. The van der Waals surface area contributed by atoms with Crippen molar-refractivity contribution >= 4 is 5.91 Å². The molecule has 0 aliphatic carbocycles. The molecule has 1 aliphatic heterocycles. The Labute approximate surface area is 136 Å². The van der Waals surface area contributed by atoms with Gasteiger partial charge in [0.15, 0.2) is 0 Å². The number of hydrogen-bond donors (Lipinski definition) is 2. The summed E-state index contributed by atoms with van der Waals surface area (Å²) in [6.07, 6.45) is 2.64. The minimum Gasteiger partial charge on any atom is -0.355 e. The van der Waals surface area contributed by atoms with Gasteiger partial charge in [-0.25, -0.2) is 4.68 Å². The van der Waals surface area contributed by atoms with Crippen molar-refractivity contribution in [3.8, 4) is 5.69 Å². The Morgan fingerprint density at radius 3 is 2.96 bits per heavy atom. The molecule has 1 aromatic carbocycles. The smallest absolute Gasteiger partial charge is 0.226 e. The molecule has 23 heavy (non-hydrogen) atoms. The monoisotopic (exact) mass is 313 g/mol. The minimum atomic E-state index is 0.0128. The topological polar surface area (TPSA) is 71.8 Å². The molecule has 1 amide bonds. The van der Waals surface area contributed by atoms with Crippen LogP contribution >= 0.6 is 0 Å². The van der Waals surface area contributed by atoms with Crippen molar-refractivity contribution in [2.75, 3.05) is 19.6 Å². The zero-order chi connectivity index (χ0) is 16.1. The average Bonchev–Trinajstić information content (AvgIpc) is 2.95. The van der Waals surface area contributed by atoms with Gasteiger partial charge in [-0.3, -0.25) is 4.79 Å². The van der Waals surface area contributed by atoms with E-state index < -0.39 is 0 Å². The molecule has 122 valence electrons. The van der Waals surface area contributed by atoms with E-state index in [9.17, 15) is 4.79 Å². The first-order valence-corrected chi connectivity index (χ1v) is 8.18. The Morgan fingerprint density at radius 2 is 2.22 bits per heavy atom. The van der Waals surface area contributed by atoms with E-state index in [0.717, 1.165) is 36.7 Å². The highest BCUT2D eigenvalue weighted by Crippen LogP contribution is 2.12. The molecule has 6 nitrogen and oxygen atoms in total. The third-order valence-corrected chi connectivity index (χ3v) is 4.31. The van der Waals surface area contributed by atoms with Crippen LogP contribution in [0.5, 0.6) is 0 Å². The molecule has 1 fully saturated rings. The fourth-order valence-corrected chi connectivity index (χ4v) is 2.91. The van der Waals surface area contributed by atoms with Gasteiger partial charge in [-0.1, -0.05) is 23.4 Å². The minimum absolute atomic E-state index is 0.0128. The van der Waals surface area contributed by atoms with Crippen LogP contribution in [0, 0.1) is 12.8 Å². The molecule has 0 saturated carbocycles. The van der Waals surface area contributed by atoms with Crippen LogP contribution in [0.2, 0.25) is 0 Å². The van der Waals surface area contributed by atoms with Crippen LogP contribution in [-0.4, -0.2) is 40.5 Å². The van der Waals surface area contributed by atoms with Gasteiger partial charge in [0, 0.05) is 6.54 Å². The van der Waals surface area contributed by atoms with Gasteiger partial charge in [-0.05, 0) is 50.9 Å². The van der Waals surface area contributed by atoms with E-state index in [2.05, 4.69) is 20.9 Å². The first kappa shape index (κ1) is 15.7. The summed E-state index contributed by atoms with van der Waals surface area (Å²) in [7, 11) is 0. The first-order chi connectivity index (χ1) is 11.2. The van der Waals surface area contributed by atoms with Gasteiger partial charge >= 0.3 is 0 Å².